The molecule has 610 valence electrons. The Bertz CT molecular complexity index is 4440. The van der Waals surface area contributed by atoms with E-state index in [2.05, 4.69) is 37.9 Å². The number of hydrogen-bond donors (Lipinski definition) is 14. The van der Waals surface area contributed by atoms with Crippen LogP contribution in [0.15, 0.2) is 131 Å². The van der Waals surface area contributed by atoms with Crippen LogP contribution in [0.3, 0.4) is 0 Å². The van der Waals surface area contributed by atoms with Crippen LogP contribution < -0.4 is 22.8 Å². The second-order valence-electron chi connectivity index (χ2n) is 27.1. The summed E-state index contributed by atoms with van der Waals surface area (Å²) in [7, 11) is 0. The summed E-state index contributed by atoms with van der Waals surface area (Å²) in [6.07, 6.45) is -5.59. The van der Waals surface area contributed by atoms with Crippen molar-refractivity contribution in [2.45, 2.75) is 149 Å². The highest BCUT2D eigenvalue weighted by atomic mass is 35.5. The van der Waals surface area contributed by atoms with Crippen LogP contribution in [0.1, 0.15) is 157 Å². The van der Waals surface area contributed by atoms with Gasteiger partial charge in [-0.3, -0.25) is 47.5 Å². The fourth-order valence-electron chi connectivity index (χ4n) is 11.7. The van der Waals surface area contributed by atoms with Crippen LogP contribution in [0.4, 0.5) is 0 Å². The predicted octanol–water partition coefficient (Wildman–Crippen LogP) is 6.26. The van der Waals surface area contributed by atoms with Gasteiger partial charge in [-0.1, -0.05) is 147 Å². The highest BCUT2D eigenvalue weighted by Gasteiger charge is 2.43. The fourth-order valence-corrected chi connectivity index (χ4v) is 12.0. The normalized spacial score (nSPS) is 11.8. The summed E-state index contributed by atoms with van der Waals surface area (Å²) in [4.78, 5) is 151. The number of halogens is 2. The molecule has 0 unspecified atom stereocenters. The first kappa shape index (κ1) is 93.6. The molecule has 0 radical (unpaired) electrons. The van der Waals surface area contributed by atoms with E-state index in [4.69, 9.17) is 95.9 Å². The number of carboxylic acid groups (broad SMARTS) is 9. The van der Waals surface area contributed by atoms with Gasteiger partial charge in [0, 0.05) is 35.6 Å². The van der Waals surface area contributed by atoms with Crippen LogP contribution in [0.5, 0.6) is 0 Å². The smallest absolute Gasteiger partial charge is 0.349 e. The average Bonchev–Trinajstić information content (AvgIpc) is 1.67. The number of aryl methyl sites for hydroxylation is 4. The third kappa shape index (κ3) is 26.2. The molecule has 2 atom stereocenters. The van der Waals surface area contributed by atoms with Gasteiger partial charge in [-0.15, -0.1) is 0 Å². The quantitative estimate of drug-likeness (QED) is 0.0216. The molecule has 113 heavy (non-hydrogen) atoms. The summed E-state index contributed by atoms with van der Waals surface area (Å²) >= 11 is 13.2. The third-order valence-electron chi connectivity index (χ3n) is 17.1. The number of amides is 2. The molecule has 8 aromatic rings. The topological polar surface area (TPSA) is 568 Å². The average molecular weight is 1620 g/mol. The number of aromatic nitrogens is 6. The zero-order chi connectivity index (χ0) is 85.3. The van der Waals surface area contributed by atoms with E-state index in [0.717, 1.165) is 33.6 Å². The number of carboxylic acids is 9. The lowest BCUT2D eigenvalue weighted by atomic mass is 9.96. The molecule has 4 heterocycles. The second-order valence-corrected chi connectivity index (χ2v) is 27.8. The van der Waals surface area contributed by atoms with Crippen molar-refractivity contribution in [2.75, 3.05) is 26.2 Å². The molecule has 0 fully saturated rings. The van der Waals surface area contributed by atoms with Gasteiger partial charge in [0.05, 0.1) is 96.2 Å². The van der Waals surface area contributed by atoms with Crippen molar-refractivity contribution in [3.63, 3.8) is 0 Å². The maximum absolute atomic E-state index is 13.9. The lowest BCUT2D eigenvalue weighted by molar-refractivity contribution is -0.170. The van der Waals surface area contributed by atoms with E-state index in [1.165, 1.54) is 9.03 Å². The van der Waals surface area contributed by atoms with Crippen LogP contribution in [0.25, 0.3) is 11.0 Å². The zero-order valence-electron chi connectivity index (χ0n) is 62.9. The number of fused-ring (bicyclic) bond motifs is 2. The standard InChI is InChI=1S/2C29H34ClN5O2.3C6H8O7/c2*1-19(2)27(33(16-8-15-31)28(36)23-13-11-20(3)12-14-23)25-17-24-26(30)21(4)32-35(24)29(37)34(25)18-22-9-6-5-7-10-22;3*7-3(8)1-6(13,5(11)12)2-4(9)10/h2*5-7,9-14,17,19,27H,8,15-16,18,31H2,1-4H3;3*13H,1-2H2,(H,7,8)(H,9,10)(H,11,12)/t2*27-;;;/m00.../s1. The summed E-state index contributed by atoms with van der Waals surface area (Å²) in [5.74, 6) is -15.3. The summed E-state index contributed by atoms with van der Waals surface area (Å²) in [5.41, 5.74) is 12.0. The molecular formula is C76H92Cl2N10O25. The van der Waals surface area contributed by atoms with E-state index in [1.807, 2.05) is 145 Å². The number of aliphatic carboxylic acids is 9. The number of carbonyl (C=O) groups excluding carboxylic acids is 2. The van der Waals surface area contributed by atoms with Crippen molar-refractivity contribution in [2.24, 2.45) is 23.3 Å². The van der Waals surface area contributed by atoms with E-state index in [1.54, 1.807) is 23.0 Å². The molecule has 0 bridgehead atoms. The van der Waals surface area contributed by atoms with Gasteiger partial charge in [0.2, 0.25) is 0 Å². The van der Waals surface area contributed by atoms with Gasteiger partial charge < -0.3 is 82.5 Å². The molecule has 37 heteroatoms. The van der Waals surface area contributed by atoms with Crippen molar-refractivity contribution >= 4 is 99.8 Å². The molecule has 0 aliphatic heterocycles. The molecule has 0 saturated heterocycles. The van der Waals surface area contributed by atoms with Crippen LogP contribution in [-0.4, -0.2) is 208 Å². The van der Waals surface area contributed by atoms with E-state index < -0.39 is 121 Å². The van der Waals surface area contributed by atoms with Crippen molar-refractivity contribution < 1.29 is 114 Å². The summed E-state index contributed by atoms with van der Waals surface area (Å²) in [5, 5.41) is 111. The number of carbonyl (C=O) groups is 11. The van der Waals surface area contributed by atoms with Gasteiger partial charge in [-0.25, -0.2) is 24.0 Å². The van der Waals surface area contributed by atoms with Gasteiger partial charge in [0.15, 0.2) is 16.8 Å². The molecule has 16 N–H and O–H groups in total. The first-order valence-corrected chi connectivity index (χ1v) is 35.5. The molecular weight excluding hydrogens is 1520 g/mol. The van der Waals surface area contributed by atoms with E-state index in [0.29, 0.717) is 95.7 Å². The highest BCUT2D eigenvalue weighted by Crippen LogP contribution is 2.35. The first-order chi connectivity index (χ1) is 52.8. The third-order valence-corrected chi connectivity index (χ3v) is 18.1. The Morgan fingerprint density at radius 2 is 0.681 bits per heavy atom. The second kappa shape index (κ2) is 42.1. The van der Waals surface area contributed by atoms with Gasteiger partial charge in [-0.2, -0.15) is 19.2 Å². The van der Waals surface area contributed by atoms with Crippen molar-refractivity contribution in [3.05, 3.63) is 208 Å². The molecule has 4 aromatic heterocycles. The van der Waals surface area contributed by atoms with E-state index in [-0.39, 0.29) is 35.0 Å². The van der Waals surface area contributed by atoms with Gasteiger partial charge >= 0.3 is 65.1 Å². The maximum Gasteiger partial charge on any atom is 0.349 e. The van der Waals surface area contributed by atoms with Crippen molar-refractivity contribution in [1.82, 2.24) is 38.2 Å². The predicted molar refractivity (Wildman–Crippen MR) is 408 cm³/mol. The summed E-state index contributed by atoms with van der Waals surface area (Å²) in [6, 6.07) is 37.8. The largest absolute Gasteiger partial charge is 0.481 e. The molecule has 0 spiro atoms. The molecule has 0 saturated carbocycles. The van der Waals surface area contributed by atoms with Gasteiger partial charge in [0.1, 0.15) is 0 Å². The van der Waals surface area contributed by atoms with Crippen LogP contribution in [-0.2, 0) is 56.2 Å². The van der Waals surface area contributed by atoms with E-state index in [9.17, 15) is 62.3 Å². The molecule has 2 amide bonds. The Kier molecular flexibility index (Phi) is 34.9. The Morgan fingerprint density at radius 1 is 0.425 bits per heavy atom. The van der Waals surface area contributed by atoms with Crippen LogP contribution in [0.2, 0.25) is 10.0 Å². The lowest BCUT2D eigenvalue weighted by Gasteiger charge is -2.36. The van der Waals surface area contributed by atoms with Crippen molar-refractivity contribution in [3.8, 4) is 0 Å². The minimum absolute atomic E-state index is 0.00107. The minimum atomic E-state index is -2.74. The maximum atomic E-state index is 13.9. The SMILES string of the molecule is Cc1ccc(C(=O)N(CCCN)[C@H](c2cc3c(Cl)c(C)nn3c(=O)n2Cc2ccccc2)C(C)C)cc1.Cc1ccc(C(=O)N(CCCN)[C@H](c2cc3c(Cl)c(C)nn3c(=O)n2Cc2ccccc2)C(C)C)cc1.O=C(O)CC(O)(CC(=O)O)C(=O)O.O=C(O)CC(O)(CC(=O)O)C(=O)O.O=C(O)CC(O)(CC(=O)O)C(=O)O. The number of hydrogen-bond acceptors (Lipinski definition) is 20. The first-order valence-electron chi connectivity index (χ1n) is 34.8. The van der Waals surface area contributed by atoms with Crippen molar-refractivity contribution in [1.29, 1.82) is 0 Å². The Labute approximate surface area is 655 Å². The number of benzene rings is 4. The summed E-state index contributed by atoms with van der Waals surface area (Å²) < 4.78 is 6.14. The Morgan fingerprint density at radius 3 is 0.903 bits per heavy atom. The zero-order valence-corrected chi connectivity index (χ0v) is 64.4. The number of rotatable bonds is 33. The van der Waals surface area contributed by atoms with Crippen LogP contribution in [0, 0.1) is 39.5 Å². The van der Waals surface area contributed by atoms with Gasteiger partial charge in [-0.05, 0) is 113 Å². The fraction of sp³-hybridized carbons (Fsp3) is 0.382. The lowest BCUT2D eigenvalue weighted by Crippen LogP contribution is -2.42. The molecule has 4 aromatic carbocycles. The Hall–Kier alpha value is -11.7. The van der Waals surface area contributed by atoms with Gasteiger partial charge in [0.25, 0.3) is 11.8 Å². The minimum Gasteiger partial charge on any atom is -0.481 e. The molecule has 8 rings (SSSR count). The molecule has 35 nitrogen and oxygen atoms in total. The summed E-state index contributed by atoms with van der Waals surface area (Å²) in [6.45, 7) is 18.3. The van der Waals surface area contributed by atoms with E-state index >= 15 is 0 Å². The number of nitrogens with zero attached hydrogens (tertiary/aromatic N) is 8. The monoisotopic (exact) mass is 1610 g/mol. The van der Waals surface area contributed by atoms with Crippen LogP contribution >= 0.6 is 23.2 Å². The number of aliphatic hydroxyl groups is 3. The molecule has 0 aliphatic rings. The Balaban J connectivity index is 0.000000328. The number of nitrogens with two attached hydrogens (primary N) is 2. The molecule has 0 aliphatic carbocycles. The highest BCUT2D eigenvalue weighted by molar-refractivity contribution is 6.35.